The maximum absolute atomic E-state index is 12.9. The van der Waals surface area contributed by atoms with Crippen LogP contribution < -0.4 is 10.9 Å². The van der Waals surface area contributed by atoms with Crippen molar-refractivity contribution in [2.45, 2.75) is 4.90 Å². The minimum atomic E-state index is 0.0572. The van der Waals surface area contributed by atoms with Gasteiger partial charge in [0.2, 0.25) is 5.78 Å². The number of carbonyl (C=O) groups excluding carboxylic acids is 1. The van der Waals surface area contributed by atoms with Crippen LogP contribution in [-0.4, -0.2) is 5.78 Å². The zero-order chi connectivity index (χ0) is 17.1. The minimum Gasteiger partial charge on any atom is -0.301 e. The van der Waals surface area contributed by atoms with Crippen molar-refractivity contribution in [3.05, 3.63) is 101 Å². The summed E-state index contributed by atoms with van der Waals surface area (Å²) in [5.41, 5.74) is 9.89. The lowest BCUT2D eigenvalue weighted by molar-refractivity contribution is 0.104. The summed E-state index contributed by atoms with van der Waals surface area (Å²) < 4.78 is 0. The fourth-order valence-electron chi connectivity index (χ4n) is 2.71. The fraction of sp³-hybridized carbons (Fsp3) is 0. The Morgan fingerprint density at radius 2 is 1.40 bits per heavy atom. The number of Topliss-reactive ketones (excluding diaryl/α,β-unsaturated/α-hetero) is 1. The van der Waals surface area contributed by atoms with E-state index in [2.05, 4.69) is 10.9 Å². The highest BCUT2D eigenvalue weighted by Crippen LogP contribution is 2.42. The minimum absolute atomic E-state index is 0.0572. The molecule has 4 heteroatoms. The molecular weight excluding hydrogens is 328 g/mol. The summed E-state index contributed by atoms with van der Waals surface area (Å²) in [6.45, 7) is 0. The monoisotopic (exact) mass is 344 g/mol. The van der Waals surface area contributed by atoms with Gasteiger partial charge in [0.15, 0.2) is 0 Å². The van der Waals surface area contributed by atoms with Crippen molar-refractivity contribution in [1.29, 1.82) is 0 Å². The van der Waals surface area contributed by atoms with Crippen LogP contribution in [0, 0.1) is 0 Å². The number of nitrogens with one attached hydrogen (secondary N) is 2. The average molecular weight is 344 g/mol. The van der Waals surface area contributed by atoms with Gasteiger partial charge < -0.3 is 5.43 Å². The van der Waals surface area contributed by atoms with E-state index in [0.717, 1.165) is 27.4 Å². The highest BCUT2D eigenvalue weighted by atomic mass is 32.2. The first-order chi connectivity index (χ1) is 12.3. The molecular formula is C21H16N2OS. The number of carbonyl (C=O) groups is 1. The van der Waals surface area contributed by atoms with Gasteiger partial charge in [-0.2, -0.15) is 0 Å². The van der Waals surface area contributed by atoms with Gasteiger partial charge in [-0.05, 0) is 24.3 Å². The van der Waals surface area contributed by atoms with Gasteiger partial charge in [0.25, 0.3) is 0 Å². The average Bonchev–Trinajstić information content (AvgIpc) is 3.01. The van der Waals surface area contributed by atoms with Crippen LogP contribution in [0.4, 0.5) is 5.69 Å². The third-order valence-corrected chi connectivity index (χ3v) is 5.11. The molecule has 4 rings (SSSR count). The number of thioether (sulfide) groups is 1. The second kappa shape index (κ2) is 6.87. The van der Waals surface area contributed by atoms with Crippen LogP contribution in [0.3, 0.4) is 0 Å². The van der Waals surface area contributed by atoms with E-state index in [4.69, 9.17) is 0 Å². The summed E-state index contributed by atoms with van der Waals surface area (Å²) in [4.78, 5) is 14.6. The molecule has 0 unspecified atom stereocenters. The number of benzene rings is 3. The van der Waals surface area contributed by atoms with E-state index < -0.39 is 0 Å². The van der Waals surface area contributed by atoms with E-state index >= 15 is 0 Å². The number of rotatable bonds is 4. The third kappa shape index (κ3) is 3.16. The molecule has 0 spiro atoms. The van der Waals surface area contributed by atoms with Crippen LogP contribution in [-0.2, 0) is 0 Å². The molecule has 3 aromatic rings. The van der Waals surface area contributed by atoms with Gasteiger partial charge in [0, 0.05) is 16.0 Å². The van der Waals surface area contributed by atoms with Gasteiger partial charge in [-0.25, -0.2) is 0 Å². The highest BCUT2D eigenvalue weighted by Gasteiger charge is 2.29. The molecule has 2 N–H and O–H groups in total. The first-order valence-electron chi connectivity index (χ1n) is 8.01. The van der Waals surface area contributed by atoms with Gasteiger partial charge in [-0.15, -0.1) is 0 Å². The molecule has 0 aliphatic carbocycles. The van der Waals surface area contributed by atoms with Gasteiger partial charge in [0.05, 0.1) is 16.3 Å². The number of para-hydroxylation sites is 1. The summed E-state index contributed by atoms with van der Waals surface area (Å²) in [6, 6.07) is 27.5. The first-order valence-corrected chi connectivity index (χ1v) is 8.83. The Balaban J connectivity index is 1.73. The predicted molar refractivity (Wildman–Crippen MR) is 103 cm³/mol. The Kier molecular flexibility index (Phi) is 4.27. The molecule has 0 bridgehead atoms. The Hall–Kier alpha value is -2.98. The summed E-state index contributed by atoms with van der Waals surface area (Å²) in [5, 5.41) is 0. The Labute approximate surface area is 150 Å². The van der Waals surface area contributed by atoms with Gasteiger partial charge >= 0.3 is 0 Å². The van der Waals surface area contributed by atoms with Gasteiger partial charge in [-0.1, -0.05) is 72.4 Å². The lowest BCUT2D eigenvalue weighted by Crippen LogP contribution is -2.22. The number of allylic oxidation sites excluding steroid dienone is 1. The number of fused-ring (bicyclic) bond motifs is 1. The third-order valence-electron chi connectivity index (χ3n) is 3.95. The number of anilines is 1. The van der Waals surface area contributed by atoms with E-state index in [9.17, 15) is 4.79 Å². The summed E-state index contributed by atoms with van der Waals surface area (Å²) in [5.74, 6) is 0.0572. The molecule has 25 heavy (non-hydrogen) atoms. The normalized spacial score (nSPS) is 14.8. The van der Waals surface area contributed by atoms with Crippen molar-refractivity contribution in [3.63, 3.8) is 0 Å². The van der Waals surface area contributed by atoms with Crippen molar-refractivity contribution in [2.75, 3.05) is 5.43 Å². The molecule has 3 aromatic carbocycles. The number of hydrogen-bond donors (Lipinski definition) is 2. The summed E-state index contributed by atoms with van der Waals surface area (Å²) in [7, 11) is 0. The van der Waals surface area contributed by atoms with Crippen LogP contribution in [0.2, 0.25) is 0 Å². The topological polar surface area (TPSA) is 41.1 Å². The smallest absolute Gasteiger partial charge is 0.203 e. The highest BCUT2D eigenvalue weighted by molar-refractivity contribution is 8.05. The molecule has 0 fully saturated rings. The van der Waals surface area contributed by atoms with Crippen molar-refractivity contribution in [1.82, 2.24) is 5.43 Å². The van der Waals surface area contributed by atoms with Crippen LogP contribution in [0.1, 0.15) is 15.9 Å². The van der Waals surface area contributed by atoms with Crippen molar-refractivity contribution < 1.29 is 4.79 Å². The molecule has 1 aliphatic rings. The standard InChI is InChI=1S/C21H16N2OS/c24-20-17-13-7-8-14-18(17)25-21(20)19(15-9-3-1-4-10-15)23-22-16-11-5-2-6-12-16/h1-14,22-23H. The molecule has 0 atom stereocenters. The van der Waals surface area contributed by atoms with Crippen molar-refractivity contribution >= 4 is 28.9 Å². The fourth-order valence-corrected chi connectivity index (χ4v) is 3.82. The number of hydrogen-bond acceptors (Lipinski definition) is 4. The number of ketones is 1. The maximum Gasteiger partial charge on any atom is 0.203 e. The molecule has 0 radical (unpaired) electrons. The second-order valence-electron chi connectivity index (χ2n) is 5.61. The Morgan fingerprint density at radius 1 is 0.760 bits per heavy atom. The van der Waals surface area contributed by atoms with Crippen molar-refractivity contribution in [2.24, 2.45) is 0 Å². The van der Waals surface area contributed by atoms with Crippen LogP contribution >= 0.6 is 11.8 Å². The van der Waals surface area contributed by atoms with Gasteiger partial charge in [-0.3, -0.25) is 10.2 Å². The quantitative estimate of drug-likeness (QED) is 0.518. The zero-order valence-corrected chi connectivity index (χ0v) is 14.2. The molecule has 3 nitrogen and oxygen atoms in total. The summed E-state index contributed by atoms with van der Waals surface area (Å²) in [6.07, 6.45) is 0. The van der Waals surface area contributed by atoms with Gasteiger partial charge in [0.1, 0.15) is 0 Å². The maximum atomic E-state index is 12.9. The molecule has 1 aliphatic heterocycles. The number of hydrazine groups is 1. The predicted octanol–water partition coefficient (Wildman–Crippen LogP) is 4.96. The van der Waals surface area contributed by atoms with E-state index in [1.165, 1.54) is 11.8 Å². The van der Waals surface area contributed by atoms with Crippen LogP contribution in [0.5, 0.6) is 0 Å². The molecule has 0 saturated carbocycles. The molecule has 122 valence electrons. The van der Waals surface area contributed by atoms with Crippen LogP contribution in [0.25, 0.3) is 5.70 Å². The van der Waals surface area contributed by atoms with Crippen molar-refractivity contribution in [3.8, 4) is 0 Å². The first kappa shape index (κ1) is 15.5. The molecule has 1 heterocycles. The molecule has 0 amide bonds. The lowest BCUT2D eigenvalue weighted by Gasteiger charge is -2.15. The van der Waals surface area contributed by atoms with E-state index in [-0.39, 0.29) is 5.78 Å². The SMILES string of the molecule is O=C1C(=C(NNc2ccccc2)c2ccccc2)Sc2ccccc21. The Morgan fingerprint density at radius 3 is 2.12 bits per heavy atom. The molecule has 0 aromatic heterocycles. The summed E-state index contributed by atoms with van der Waals surface area (Å²) >= 11 is 1.51. The second-order valence-corrected chi connectivity index (χ2v) is 6.67. The van der Waals surface area contributed by atoms with E-state index in [0.29, 0.717) is 4.91 Å². The Bertz CT molecular complexity index is 936. The van der Waals surface area contributed by atoms with E-state index in [1.807, 2.05) is 84.9 Å². The lowest BCUT2D eigenvalue weighted by atomic mass is 10.1. The molecule has 0 saturated heterocycles. The largest absolute Gasteiger partial charge is 0.301 e. The van der Waals surface area contributed by atoms with Crippen LogP contribution in [0.15, 0.2) is 94.7 Å². The zero-order valence-electron chi connectivity index (χ0n) is 13.4. The van der Waals surface area contributed by atoms with E-state index in [1.54, 1.807) is 0 Å².